The SMILES string of the molecule is CC1(C)[C@@H](O[C@@H]2O[C@H](CO)[C@H](O)[C@H](O[C@@H]3OC[C@H](O)[C@H](O)[C@H]3O)[C@H]2O[C@@H]2OC[C@@H](O)[C@H](O)[C@H]2O)CC[C@]2(C)[C@H]3CC=C4[C@@H]5C[C@](C)(O)CC[C@]5(C(=O)O)CC[C@@]4(C)[C@]3(C)CC[C@@H]12. The lowest BCUT2D eigenvalue weighted by molar-refractivity contribution is -0.390. The van der Waals surface area contributed by atoms with Gasteiger partial charge in [0.2, 0.25) is 0 Å². The topological polar surface area (TPSA) is 275 Å². The number of allylic oxidation sites excluding steroid dienone is 2. The normalized spacial score (nSPS) is 55.1. The van der Waals surface area contributed by atoms with Gasteiger partial charge < -0.3 is 79.5 Å². The zero-order valence-electron chi connectivity index (χ0n) is 36.9. The van der Waals surface area contributed by atoms with E-state index in [1.54, 1.807) is 0 Å². The van der Waals surface area contributed by atoms with Crippen molar-refractivity contribution < 1.29 is 84.3 Å². The molecule has 354 valence electrons. The molecule has 7 fully saturated rings. The number of carboxylic acids is 1. The molecule has 0 unspecified atom stereocenters. The molecule has 5 aliphatic carbocycles. The third-order valence-electron chi connectivity index (χ3n) is 18.3. The van der Waals surface area contributed by atoms with Gasteiger partial charge in [0.1, 0.15) is 61.0 Å². The number of aliphatic carboxylic acids is 1. The number of aliphatic hydroxyl groups excluding tert-OH is 8. The van der Waals surface area contributed by atoms with Crippen molar-refractivity contribution in [2.45, 2.75) is 197 Å². The van der Waals surface area contributed by atoms with Crippen molar-refractivity contribution in [2.24, 2.45) is 44.8 Å². The van der Waals surface area contributed by atoms with Gasteiger partial charge in [-0.15, -0.1) is 0 Å². The molecule has 10 N–H and O–H groups in total. The van der Waals surface area contributed by atoms with Crippen LogP contribution in [0.4, 0.5) is 0 Å². The van der Waals surface area contributed by atoms with Crippen molar-refractivity contribution in [1.82, 2.24) is 0 Å². The fraction of sp³-hybridized carbons (Fsp3) is 0.933. The highest BCUT2D eigenvalue weighted by Gasteiger charge is 2.70. The van der Waals surface area contributed by atoms with E-state index in [9.17, 15) is 55.9 Å². The molecule has 0 radical (unpaired) electrons. The van der Waals surface area contributed by atoms with E-state index in [0.29, 0.717) is 32.1 Å². The number of carboxylic acid groups (broad SMARTS) is 1. The molecule has 0 aromatic rings. The monoisotopic (exact) mass is 884 g/mol. The van der Waals surface area contributed by atoms with Crippen LogP contribution in [0, 0.1) is 44.8 Å². The van der Waals surface area contributed by atoms with Gasteiger partial charge in [0, 0.05) is 0 Å². The summed E-state index contributed by atoms with van der Waals surface area (Å²) < 4.78 is 36.7. The number of carbonyl (C=O) groups is 1. The van der Waals surface area contributed by atoms with Crippen LogP contribution in [0.2, 0.25) is 0 Å². The molecule has 17 heteroatoms. The Labute approximate surface area is 363 Å². The Balaban J connectivity index is 1.08. The number of hydrogen-bond donors (Lipinski definition) is 10. The summed E-state index contributed by atoms with van der Waals surface area (Å²) in [5.74, 6) is -0.575. The number of fused-ring (bicyclic) bond motifs is 7. The van der Waals surface area contributed by atoms with E-state index in [1.165, 1.54) is 5.57 Å². The van der Waals surface area contributed by atoms with Gasteiger partial charge in [-0.2, -0.15) is 0 Å². The maximum absolute atomic E-state index is 13.1. The number of ether oxygens (including phenoxy) is 6. The van der Waals surface area contributed by atoms with Gasteiger partial charge in [-0.05, 0) is 111 Å². The van der Waals surface area contributed by atoms with Gasteiger partial charge in [-0.1, -0.05) is 46.3 Å². The Morgan fingerprint density at radius 3 is 1.90 bits per heavy atom. The highest BCUT2D eigenvalue weighted by atomic mass is 16.8. The molecule has 0 bridgehead atoms. The largest absolute Gasteiger partial charge is 0.481 e. The summed E-state index contributed by atoms with van der Waals surface area (Å²) in [6.45, 7) is 11.9. The smallest absolute Gasteiger partial charge is 0.310 e. The molecule has 0 amide bonds. The van der Waals surface area contributed by atoms with Gasteiger partial charge in [-0.25, -0.2) is 0 Å². The first-order valence-corrected chi connectivity index (χ1v) is 22.8. The molecule has 0 aromatic carbocycles. The average Bonchev–Trinajstić information content (AvgIpc) is 3.20. The second kappa shape index (κ2) is 16.4. The van der Waals surface area contributed by atoms with E-state index in [2.05, 4.69) is 40.7 Å². The zero-order valence-corrected chi connectivity index (χ0v) is 36.9. The van der Waals surface area contributed by atoms with Crippen molar-refractivity contribution in [3.63, 3.8) is 0 Å². The Morgan fingerprint density at radius 1 is 0.710 bits per heavy atom. The molecule has 0 aromatic heterocycles. The van der Waals surface area contributed by atoms with E-state index < -0.39 is 128 Å². The van der Waals surface area contributed by atoms with Gasteiger partial charge >= 0.3 is 5.97 Å². The lowest BCUT2D eigenvalue weighted by Gasteiger charge is -2.71. The highest BCUT2D eigenvalue weighted by molar-refractivity contribution is 5.76. The minimum atomic E-state index is -1.75. The molecule has 62 heavy (non-hydrogen) atoms. The van der Waals surface area contributed by atoms with E-state index in [-0.39, 0.29) is 34.0 Å². The zero-order chi connectivity index (χ0) is 45.1. The molecule has 4 saturated carbocycles. The van der Waals surface area contributed by atoms with Gasteiger partial charge in [0.15, 0.2) is 18.9 Å². The first-order valence-electron chi connectivity index (χ1n) is 22.8. The molecule has 3 aliphatic heterocycles. The minimum Gasteiger partial charge on any atom is -0.481 e. The average molecular weight is 885 g/mol. The van der Waals surface area contributed by atoms with Crippen LogP contribution >= 0.6 is 0 Å². The molecule has 22 atom stereocenters. The fourth-order valence-electron chi connectivity index (χ4n) is 14.4. The van der Waals surface area contributed by atoms with Crippen LogP contribution in [-0.2, 0) is 33.2 Å². The van der Waals surface area contributed by atoms with Crippen LogP contribution < -0.4 is 0 Å². The van der Waals surface area contributed by atoms with Crippen molar-refractivity contribution in [3.8, 4) is 0 Å². The maximum Gasteiger partial charge on any atom is 0.310 e. The van der Waals surface area contributed by atoms with Gasteiger partial charge in [-0.3, -0.25) is 4.79 Å². The third kappa shape index (κ3) is 7.27. The summed E-state index contributed by atoms with van der Waals surface area (Å²) in [5.41, 5.74) is -1.64. The molecule has 17 nitrogen and oxygen atoms in total. The Hall–Kier alpha value is -1.39. The Kier molecular flexibility index (Phi) is 12.5. The van der Waals surface area contributed by atoms with E-state index in [0.717, 1.165) is 32.1 Å². The van der Waals surface area contributed by atoms with Crippen LogP contribution in [0.15, 0.2) is 11.6 Å². The fourth-order valence-corrected chi connectivity index (χ4v) is 14.4. The van der Waals surface area contributed by atoms with Gasteiger partial charge in [0.25, 0.3) is 0 Å². The summed E-state index contributed by atoms with van der Waals surface area (Å²) >= 11 is 0. The van der Waals surface area contributed by atoms with Gasteiger partial charge in [0.05, 0.1) is 36.9 Å². The number of aliphatic hydroxyl groups is 9. The van der Waals surface area contributed by atoms with Crippen LogP contribution in [0.1, 0.15) is 106 Å². The summed E-state index contributed by atoms with van der Waals surface area (Å²) in [5, 5.41) is 107. The van der Waals surface area contributed by atoms with Crippen LogP contribution in [-0.4, -0.2) is 168 Å². The van der Waals surface area contributed by atoms with Crippen LogP contribution in [0.5, 0.6) is 0 Å². The van der Waals surface area contributed by atoms with Crippen molar-refractivity contribution >= 4 is 5.97 Å². The molecular formula is C45H72O17. The first-order chi connectivity index (χ1) is 29.0. The summed E-state index contributed by atoms with van der Waals surface area (Å²) in [4.78, 5) is 13.1. The predicted molar refractivity (Wildman–Crippen MR) is 215 cm³/mol. The summed E-state index contributed by atoms with van der Waals surface area (Å²) in [6.07, 6.45) is -11.5. The lowest BCUT2D eigenvalue weighted by Crippen LogP contribution is -2.67. The third-order valence-corrected chi connectivity index (χ3v) is 18.3. The Bertz CT molecular complexity index is 1690. The Morgan fingerprint density at radius 2 is 1.31 bits per heavy atom. The minimum absolute atomic E-state index is 0.144. The molecule has 8 aliphatic rings. The van der Waals surface area contributed by atoms with Crippen molar-refractivity contribution in [2.75, 3.05) is 19.8 Å². The lowest BCUT2D eigenvalue weighted by atomic mass is 9.33. The van der Waals surface area contributed by atoms with E-state index in [1.807, 2.05) is 6.92 Å². The second-order valence-electron chi connectivity index (χ2n) is 21.9. The van der Waals surface area contributed by atoms with Crippen molar-refractivity contribution in [3.05, 3.63) is 11.6 Å². The number of rotatable bonds is 8. The molecule has 3 saturated heterocycles. The first kappa shape index (κ1) is 47.1. The predicted octanol–water partition coefficient (Wildman–Crippen LogP) is 0.709. The van der Waals surface area contributed by atoms with E-state index in [4.69, 9.17) is 28.4 Å². The molecular weight excluding hydrogens is 812 g/mol. The highest BCUT2D eigenvalue weighted by Crippen LogP contribution is 2.75. The van der Waals surface area contributed by atoms with E-state index >= 15 is 0 Å². The summed E-state index contributed by atoms with van der Waals surface area (Å²) in [7, 11) is 0. The number of hydrogen-bond acceptors (Lipinski definition) is 16. The summed E-state index contributed by atoms with van der Waals surface area (Å²) in [6, 6.07) is 0. The second-order valence-corrected chi connectivity index (χ2v) is 21.9. The van der Waals surface area contributed by atoms with Crippen LogP contribution in [0.25, 0.3) is 0 Å². The molecule has 3 heterocycles. The maximum atomic E-state index is 13.1. The quantitative estimate of drug-likeness (QED) is 0.119. The van der Waals surface area contributed by atoms with Crippen LogP contribution in [0.3, 0.4) is 0 Å². The van der Waals surface area contributed by atoms with Crippen molar-refractivity contribution in [1.29, 1.82) is 0 Å². The molecule has 0 spiro atoms. The molecule has 8 rings (SSSR count). The standard InChI is InChI=1S/C45H72O17/c1-40(2)26-9-12-44(6)27(8-7-21-22-17-41(3,56)13-15-45(22,39(54)55)16-14-43(21,44)5)42(26,4)11-10-28(40)60-38-35(62-37-33(53)30(50)24(48)20-58-37)34(31(51)25(18-46)59-38)61-36-32(52)29(49)23(47)19-57-36/h7,22-38,46-53,56H,8-20H2,1-6H3,(H,54,55)/t22-,23-,24+,25+,26-,27+,28-,29-,30-,31-,32+,33+,34-,35+,36-,37-,38-,41+,42-,43+,44+,45-/m0/s1.